The Morgan fingerprint density at radius 3 is 2.81 bits per heavy atom. The Bertz CT molecular complexity index is 1050. The summed E-state index contributed by atoms with van der Waals surface area (Å²) in [6.45, 7) is 8.13. The number of hydrogen-bond acceptors (Lipinski definition) is 7. The molecule has 1 atom stereocenters. The zero-order valence-corrected chi connectivity index (χ0v) is 17.1. The topological polar surface area (TPSA) is 73.3 Å². The fraction of sp³-hybridized carbons (Fsp3) is 0.316. The van der Waals surface area contributed by atoms with Gasteiger partial charge in [-0.25, -0.2) is 9.97 Å². The maximum atomic E-state index is 12.7. The summed E-state index contributed by atoms with van der Waals surface area (Å²) < 4.78 is 10.7. The van der Waals surface area contributed by atoms with Gasteiger partial charge in [-0.3, -0.25) is 4.79 Å². The third-order valence-electron chi connectivity index (χ3n) is 4.41. The number of hydrogen-bond donors (Lipinski definition) is 1. The number of thioether (sulfide) groups is 1. The predicted octanol–water partition coefficient (Wildman–Crippen LogP) is 4.46. The van der Waals surface area contributed by atoms with E-state index < -0.39 is 0 Å². The van der Waals surface area contributed by atoms with E-state index in [4.69, 9.17) is 9.47 Å². The molecule has 1 unspecified atom stereocenters. The van der Waals surface area contributed by atoms with Crippen LogP contribution in [0.1, 0.15) is 23.2 Å². The SMILES string of the molecule is Cc1nc(SC(C)C(=O)Nc2ccc3c(c2)OCO3)c2c(C)c(C)sc2n1. The smallest absolute Gasteiger partial charge is 0.237 e. The zero-order valence-electron chi connectivity index (χ0n) is 15.5. The largest absolute Gasteiger partial charge is 0.454 e. The molecule has 1 amide bonds. The molecule has 0 saturated heterocycles. The number of ether oxygens (including phenoxy) is 2. The minimum absolute atomic E-state index is 0.0899. The van der Waals surface area contributed by atoms with Crippen molar-refractivity contribution < 1.29 is 14.3 Å². The first-order valence-electron chi connectivity index (χ1n) is 8.54. The number of nitrogens with zero attached hydrogens (tertiary/aromatic N) is 2. The summed E-state index contributed by atoms with van der Waals surface area (Å²) in [4.78, 5) is 24.0. The molecule has 2 aromatic heterocycles. The van der Waals surface area contributed by atoms with Crippen molar-refractivity contribution in [2.75, 3.05) is 12.1 Å². The normalized spacial score (nSPS) is 13.8. The molecule has 1 aromatic carbocycles. The van der Waals surface area contributed by atoms with E-state index in [2.05, 4.69) is 29.1 Å². The number of aromatic nitrogens is 2. The van der Waals surface area contributed by atoms with Gasteiger partial charge in [-0.2, -0.15) is 0 Å². The molecule has 8 heteroatoms. The summed E-state index contributed by atoms with van der Waals surface area (Å²) in [6, 6.07) is 5.38. The van der Waals surface area contributed by atoms with Crippen LogP contribution in [0.4, 0.5) is 5.69 Å². The maximum absolute atomic E-state index is 12.7. The fourth-order valence-electron chi connectivity index (χ4n) is 2.84. The quantitative estimate of drug-likeness (QED) is 0.514. The van der Waals surface area contributed by atoms with E-state index in [0.29, 0.717) is 17.2 Å². The molecule has 0 radical (unpaired) electrons. The molecule has 3 heterocycles. The maximum Gasteiger partial charge on any atom is 0.237 e. The number of carbonyl (C=O) groups excluding carboxylic acids is 1. The zero-order chi connectivity index (χ0) is 19.1. The minimum atomic E-state index is -0.312. The molecule has 0 saturated carbocycles. The summed E-state index contributed by atoms with van der Waals surface area (Å²) in [7, 11) is 0. The van der Waals surface area contributed by atoms with Gasteiger partial charge in [0.15, 0.2) is 11.5 Å². The summed E-state index contributed by atoms with van der Waals surface area (Å²) in [5, 5.41) is 4.53. The molecule has 27 heavy (non-hydrogen) atoms. The van der Waals surface area contributed by atoms with Gasteiger partial charge in [0, 0.05) is 22.0 Å². The number of nitrogens with one attached hydrogen (secondary N) is 1. The van der Waals surface area contributed by atoms with E-state index in [1.54, 1.807) is 23.5 Å². The highest BCUT2D eigenvalue weighted by Gasteiger charge is 2.21. The van der Waals surface area contributed by atoms with Crippen LogP contribution in [0.25, 0.3) is 10.2 Å². The van der Waals surface area contributed by atoms with E-state index >= 15 is 0 Å². The molecular weight excluding hydrogens is 382 g/mol. The molecule has 0 bridgehead atoms. The highest BCUT2D eigenvalue weighted by molar-refractivity contribution is 8.00. The molecular formula is C19H19N3O3S2. The molecule has 1 aliphatic heterocycles. The second kappa shape index (κ2) is 7.01. The van der Waals surface area contributed by atoms with Gasteiger partial charge in [0.2, 0.25) is 12.7 Å². The lowest BCUT2D eigenvalue weighted by Crippen LogP contribution is -2.22. The summed E-state index contributed by atoms with van der Waals surface area (Å²) in [6.07, 6.45) is 0. The van der Waals surface area contributed by atoms with Crippen LogP contribution in [0, 0.1) is 20.8 Å². The molecule has 0 spiro atoms. The van der Waals surface area contributed by atoms with Crippen LogP contribution in [0.2, 0.25) is 0 Å². The number of benzene rings is 1. The Morgan fingerprint density at radius 2 is 2.00 bits per heavy atom. The molecule has 1 aliphatic rings. The number of fused-ring (bicyclic) bond motifs is 2. The van der Waals surface area contributed by atoms with Crippen molar-refractivity contribution in [1.29, 1.82) is 0 Å². The van der Waals surface area contributed by atoms with Crippen LogP contribution >= 0.6 is 23.1 Å². The van der Waals surface area contributed by atoms with E-state index in [0.717, 1.165) is 21.1 Å². The highest BCUT2D eigenvalue weighted by atomic mass is 32.2. The third-order valence-corrected chi connectivity index (χ3v) is 6.59. The minimum Gasteiger partial charge on any atom is -0.454 e. The predicted molar refractivity (Wildman–Crippen MR) is 108 cm³/mol. The number of carbonyl (C=O) groups is 1. The van der Waals surface area contributed by atoms with Crippen molar-refractivity contribution in [3.63, 3.8) is 0 Å². The molecule has 6 nitrogen and oxygen atoms in total. The average molecular weight is 402 g/mol. The Kier molecular flexibility index (Phi) is 4.69. The van der Waals surface area contributed by atoms with Crippen molar-refractivity contribution >= 4 is 44.9 Å². The Balaban J connectivity index is 1.54. The monoisotopic (exact) mass is 401 g/mol. The lowest BCUT2D eigenvalue weighted by atomic mass is 10.2. The summed E-state index contributed by atoms with van der Waals surface area (Å²) >= 11 is 3.12. The van der Waals surface area contributed by atoms with E-state index in [1.807, 2.05) is 19.9 Å². The van der Waals surface area contributed by atoms with Crippen molar-refractivity contribution in [3.05, 3.63) is 34.5 Å². The van der Waals surface area contributed by atoms with Gasteiger partial charge in [-0.05, 0) is 45.4 Å². The Hall–Kier alpha value is -2.32. The number of amides is 1. The van der Waals surface area contributed by atoms with E-state index in [9.17, 15) is 4.79 Å². The van der Waals surface area contributed by atoms with Crippen LogP contribution in [-0.4, -0.2) is 27.9 Å². The standard InChI is InChI=1S/C19H19N3O3S2/c1-9-10(2)26-18-16(9)19(21-12(4)20-18)27-11(3)17(23)22-13-5-6-14-15(7-13)25-8-24-14/h5-7,11H,8H2,1-4H3,(H,22,23). The molecule has 1 N–H and O–H groups in total. The van der Waals surface area contributed by atoms with Gasteiger partial charge in [0.05, 0.1) is 5.25 Å². The number of aryl methyl sites for hydroxylation is 3. The highest BCUT2D eigenvalue weighted by Crippen LogP contribution is 2.37. The second-order valence-corrected chi connectivity index (χ2v) is 8.89. The van der Waals surface area contributed by atoms with Gasteiger partial charge in [-0.15, -0.1) is 11.3 Å². The third kappa shape index (κ3) is 3.46. The van der Waals surface area contributed by atoms with Gasteiger partial charge in [0.25, 0.3) is 0 Å². The number of anilines is 1. The van der Waals surface area contributed by atoms with Gasteiger partial charge >= 0.3 is 0 Å². The Morgan fingerprint density at radius 1 is 1.22 bits per heavy atom. The molecule has 0 fully saturated rings. The van der Waals surface area contributed by atoms with Crippen LogP contribution in [0.5, 0.6) is 11.5 Å². The first-order valence-corrected chi connectivity index (χ1v) is 10.2. The van der Waals surface area contributed by atoms with Crippen LogP contribution in [0.15, 0.2) is 23.2 Å². The molecule has 140 valence electrons. The Labute approximate surface area is 165 Å². The van der Waals surface area contributed by atoms with Crippen molar-refractivity contribution in [2.24, 2.45) is 0 Å². The molecule has 0 aliphatic carbocycles. The average Bonchev–Trinajstić information content (AvgIpc) is 3.19. The van der Waals surface area contributed by atoms with Crippen molar-refractivity contribution in [1.82, 2.24) is 9.97 Å². The van der Waals surface area contributed by atoms with Gasteiger partial charge < -0.3 is 14.8 Å². The first-order chi connectivity index (χ1) is 12.9. The van der Waals surface area contributed by atoms with E-state index in [1.165, 1.54) is 22.2 Å². The van der Waals surface area contributed by atoms with Gasteiger partial charge in [-0.1, -0.05) is 11.8 Å². The lowest BCUT2D eigenvalue weighted by molar-refractivity contribution is -0.115. The van der Waals surface area contributed by atoms with Crippen molar-refractivity contribution in [2.45, 2.75) is 38.0 Å². The molecule has 4 rings (SSSR count). The van der Waals surface area contributed by atoms with E-state index in [-0.39, 0.29) is 18.0 Å². The first kappa shape index (κ1) is 18.1. The summed E-state index contributed by atoms with van der Waals surface area (Å²) in [5.74, 6) is 1.96. The van der Waals surface area contributed by atoms with Crippen molar-refractivity contribution in [3.8, 4) is 11.5 Å². The molecule has 3 aromatic rings. The number of rotatable bonds is 4. The number of thiophene rings is 1. The lowest BCUT2D eigenvalue weighted by Gasteiger charge is -2.13. The second-order valence-electron chi connectivity index (χ2n) is 6.36. The van der Waals surface area contributed by atoms with Crippen LogP contribution in [0.3, 0.4) is 0 Å². The van der Waals surface area contributed by atoms with Gasteiger partial charge in [0.1, 0.15) is 15.7 Å². The summed E-state index contributed by atoms with van der Waals surface area (Å²) in [5.41, 5.74) is 1.86. The fourth-order valence-corrected chi connectivity index (χ4v) is 5.03. The van der Waals surface area contributed by atoms with Crippen LogP contribution < -0.4 is 14.8 Å². The van der Waals surface area contributed by atoms with Crippen LogP contribution in [-0.2, 0) is 4.79 Å².